The highest BCUT2D eigenvalue weighted by Gasteiger charge is 2.08. The van der Waals surface area contributed by atoms with Gasteiger partial charge in [0.2, 0.25) is 5.91 Å². The third-order valence-corrected chi connectivity index (χ3v) is 3.10. The monoisotopic (exact) mass is 265 g/mol. The molecule has 106 valence electrons. The number of rotatable bonds is 7. The molecule has 1 amide bonds. The Morgan fingerprint density at radius 1 is 1.16 bits per heavy atom. The molecule has 1 atom stereocenters. The molecule has 1 aromatic carbocycles. The molecule has 0 aromatic heterocycles. The largest absolute Gasteiger partial charge is 0.353 e. The SMILES string of the molecule is CC(C)CCC[C@H](C)NC(=O)Cc1ccc(F)cc1. The van der Waals surface area contributed by atoms with Gasteiger partial charge in [-0.3, -0.25) is 4.79 Å². The summed E-state index contributed by atoms with van der Waals surface area (Å²) >= 11 is 0. The Kier molecular flexibility index (Phi) is 6.54. The maximum atomic E-state index is 12.7. The third-order valence-electron chi connectivity index (χ3n) is 3.10. The zero-order chi connectivity index (χ0) is 14.3. The Bertz CT molecular complexity index is 386. The fourth-order valence-corrected chi connectivity index (χ4v) is 2.02. The fraction of sp³-hybridized carbons (Fsp3) is 0.562. The standard InChI is InChI=1S/C16H24FNO/c1-12(2)5-4-6-13(3)18-16(19)11-14-7-9-15(17)10-8-14/h7-10,12-13H,4-6,11H2,1-3H3,(H,18,19)/t13-/m0/s1. The second-order valence-corrected chi connectivity index (χ2v) is 5.60. The van der Waals surface area contributed by atoms with E-state index in [1.54, 1.807) is 12.1 Å². The van der Waals surface area contributed by atoms with Crippen LogP contribution in [0, 0.1) is 11.7 Å². The van der Waals surface area contributed by atoms with Crippen molar-refractivity contribution >= 4 is 5.91 Å². The summed E-state index contributed by atoms with van der Waals surface area (Å²) in [7, 11) is 0. The van der Waals surface area contributed by atoms with Crippen LogP contribution in [0.3, 0.4) is 0 Å². The van der Waals surface area contributed by atoms with Gasteiger partial charge in [-0.25, -0.2) is 4.39 Å². The quantitative estimate of drug-likeness (QED) is 0.800. The molecule has 0 radical (unpaired) electrons. The number of hydrogen-bond donors (Lipinski definition) is 1. The van der Waals surface area contributed by atoms with Crippen LogP contribution in [0.5, 0.6) is 0 Å². The Morgan fingerprint density at radius 2 is 1.79 bits per heavy atom. The fourth-order valence-electron chi connectivity index (χ4n) is 2.02. The number of benzene rings is 1. The van der Waals surface area contributed by atoms with Gasteiger partial charge in [0.25, 0.3) is 0 Å². The molecule has 1 rings (SSSR count). The minimum Gasteiger partial charge on any atom is -0.353 e. The summed E-state index contributed by atoms with van der Waals surface area (Å²) in [6, 6.07) is 6.27. The molecule has 3 heteroatoms. The Balaban J connectivity index is 2.28. The van der Waals surface area contributed by atoms with Crippen molar-refractivity contribution < 1.29 is 9.18 Å². The van der Waals surface area contributed by atoms with Crippen LogP contribution in [0.15, 0.2) is 24.3 Å². The summed E-state index contributed by atoms with van der Waals surface area (Å²) in [6.45, 7) is 6.44. The average molecular weight is 265 g/mol. The number of halogens is 1. The topological polar surface area (TPSA) is 29.1 Å². The van der Waals surface area contributed by atoms with E-state index in [0.29, 0.717) is 12.3 Å². The van der Waals surface area contributed by atoms with E-state index in [0.717, 1.165) is 18.4 Å². The molecule has 0 aliphatic carbocycles. The van der Waals surface area contributed by atoms with Crippen LogP contribution < -0.4 is 5.32 Å². The molecule has 0 saturated carbocycles. The average Bonchev–Trinajstić information content (AvgIpc) is 2.31. The van der Waals surface area contributed by atoms with Crippen LogP contribution in [0.2, 0.25) is 0 Å². The summed E-state index contributed by atoms with van der Waals surface area (Å²) in [6.07, 6.45) is 3.65. The maximum absolute atomic E-state index is 12.7. The minimum absolute atomic E-state index is 0.00338. The predicted octanol–water partition coefficient (Wildman–Crippen LogP) is 3.70. The number of carbonyl (C=O) groups excluding carboxylic acids is 1. The lowest BCUT2D eigenvalue weighted by Crippen LogP contribution is -2.33. The van der Waals surface area contributed by atoms with E-state index in [2.05, 4.69) is 19.2 Å². The first kappa shape index (κ1) is 15.7. The zero-order valence-electron chi connectivity index (χ0n) is 12.1. The highest BCUT2D eigenvalue weighted by atomic mass is 19.1. The van der Waals surface area contributed by atoms with Gasteiger partial charge in [-0.2, -0.15) is 0 Å². The van der Waals surface area contributed by atoms with E-state index >= 15 is 0 Å². The van der Waals surface area contributed by atoms with E-state index in [-0.39, 0.29) is 17.8 Å². The zero-order valence-corrected chi connectivity index (χ0v) is 12.1. The number of carbonyl (C=O) groups is 1. The van der Waals surface area contributed by atoms with Crippen LogP contribution in [0.4, 0.5) is 4.39 Å². The Morgan fingerprint density at radius 3 is 2.37 bits per heavy atom. The molecule has 0 heterocycles. The third kappa shape index (κ3) is 6.94. The van der Waals surface area contributed by atoms with Crippen LogP contribution in [0.1, 0.15) is 45.6 Å². The molecular weight excluding hydrogens is 241 g/mol. The van der Waals surface area contributed by atoms with Crippen molar-refractivity contribution in [3.63, 3.8) is 0 Å². The summed E-state index contributed by atoms with van der Waals surface area (Å²) in [5.41, 5.74) is 0.841. The second kappa shape index (κ2) is 7.93. The van der Waals surface area contributed by atoms with Crippen molar-refractivity contribution in [2.45, 2.75) is 52.5 Å². The van der Waals surface area contributed by atoms with Crippen molar-refractivity contribution in [3.8, 4) is 0 Å². The Labute approximate surface area is 115 Å². The van der Waals surface area contributed by atoms with Crippen molar-refractivity contribution in [1.29, 1.82) is 0 Å². The minimum atomic E-state index is -0.272. The molecule has 0 spiro atoms. The smallest absolute Gasteiger partial charge is 0.224 e. The molecule has 1 N–H and O–H groups in total. The van der Waals surface area contributed by atoms with E-state index in [1.165, 1.54) is 18.6 Å². The number of nitrogens with one attached hydrogen (secondary N) is 1. The molecule has 0 bridgehead atoms. The van der Waals surface area contributed by atoms with Gasteiger partial charge in [0.05, 0.1) is 6.42 Å². The van der Waals surface area contributed by atoms with Gasteiger partial charge in [0.15, 0.2) is 0 Å². The lowest BCUT2D eigenvalue weighted by Gasteiger charge is -2.14. The van der Waals surface area contributed by atoms with E-state index in [9.17, 15) is 9.18 Å². The number of amides is 1. The highest BCUT2D eigenvalue weighted by molar-refractivity contribution is 5.78. The first-order valence-electron chi connectivity index (χ1n) is 7.01. The van der Waals surface area contributed by atoms with E-state index in [1.807, 2.05) is 6.92 Å². The van der Waals surface area contributed by atoms with Crippen molar-refractivity contribution in [2.24, 2.45) is 5.92 Å². The number of hydrogen-bond acceptors (Lipinski definition) is 1. The van der Waals surface area contributed by atoms with Gasteiger partial charge in [0.1, 0.15) is 5.82 Å². The summed E-state index contributed by atoms with van der Waals surface area (Å²) < 4.78 is 12.7. The van der Waals surface area contributed by atoms with Crippen molar-refractivity contribution in [2.75, 3.05) is 0 Å². The van der Waals surface area contributed by atoms with Crippen molar-refractivity contribution in [1.82, 2.24) is 5.32 Å². The normalized spacial score (nSPS) is 12.5. The molecule has 0 fully saturated rings. The van der Waals surface area contributed by atoms with Gasteiger partial charge < -0.3 is 5.32 Å². The highest BCUT2D eigenvalue weighted by Crippen LogP contribution is 2.09. The summed E-state index contributed by atoms with van der Waals surface area (Å²) in [5, 5.41) is 2.98. The first-order chi connectivity index (χ1) is 8.97. The van der Waals surface area contributed by atoms with Gasteiger partial charge in [0, 0.05) is 6.04 Å². The molecule has 0 aliphatic heterocycles. The van der Waals surface area contributed by atoms with Crippen LogP contribution in [-0.2, 0) is 11.2 Å². The summed E-state index contributed by atoms with van der Waals surface area (Å²) in [4.78, 5) is 11.8. The van der Waals surface area contributed by atoms with Gasteiger partial charge in [-0.05, 0) is 37.0 Å². The first-order valence-corrected chi connectivity index (χ1v) is 7.01. The lowest BCUT2D eigenvalue weighted by atomic mass is 10.0. The Hall–Kier alpha value is -1.38. The second-order valence-electron chi connectivity index (χ2n) is 5.60. The predicted molar refractivity (Wildman–Crippen MR) is 76.4 cm³/mol. The molecule has 0 unspecified atom stereocenters. The van der Waals surface area contributed by atoms with Crippen LogP contribution >= 0.6 is 0 Å². The molecule has 19 heavy (non-hydrogen) atoms. The van der Waals surface area contributed by atoms with E-state index < -0.39 is 0 Å². The van der Waals surface area contributed by atoms with Crippen LogP contribution in [-0.4, -0.2) is 11.9 Å². The molecule has 0 saturated heterocycles. The lowest BCUT2D eigenvalue weighted by molar-refractivity contribution is -0.121. The van der Waals surface area contributed by atoms with Gasteiger partial charge >= 0.3 is 0 Å². The molecule has 1 aromatic rings. The van der Waals surface area contributed by atoms with Crippen molar-refractivity contribution in [3.05, 3.63) is 35.6 Å². The molecule has 2 nitrogen and oxygen atoms in total. The summed E-state index contributed by atoms with van der Waals surface area (Å²) in [5.74, 6) is 0.442. The maximum Gasteiger partial charge on any atom is 0.224 e. The van der Waals surface area contributed by atoms with E-state index in [4.69, 9.17) is 0 Å². The molecule has 0 aliphatic rings. The van der Waals surface area contributed by atoms with Crippen LogP contribution in [0.25, 0.3) is 0 Å². The van der Waals surface area contributed by atoms with Gasteiger partial charge in [-0.1, -0.05) is 38.8 Å². The van der Waals surface area contributed by atoms with Gasteiger partial charge in [-0.15, -0.1) is 0 Å². The molecular formula is C16H24FNO.